The monoisotopic (exact) mass is 335 g/mol. The first-order valence-electron chi connectivity index (χ1n) is 5.38. The summed E-state index contributed by atoms with van der Waals surface area (Å²) in [4.78, 5) is 11.9. The Balaban J connectivity index is 2.03. The highest BCUT2D eigenvalue weighted by Crippen LogP contribution is 2.31. The molecular formula is C12H11Cl2NO2S2. The zero-order chi connectivity index (χ0) is 14.0. The molecule has 2 heterocycles. The predicted molar refractivity (Wildman–Crippen MR) is 80.6 cm³/mol. The van der Waals surface area contributed by atoms with Gasteiger partial charge in [0.05, 0.1) is 16.4 Å². The molecule has 0 radical (unpaired) electrons. The molecule has 19 heavy (non-hydrogen) atoms. The van der Waals surface area contributed by atoms with E-state index in [9.17, 15) is 9.90 Å². The van der Waals surface area contributed by atoms with Crippen molar-refractivity contribution < 1.29 is 9.90 Å². The fourth-order valence-electron chi connectivity index (χ4n) is 1.52. The zero-order valence-corrected chi connectivity index (χ0v) is 13.1. The van der Waals surface area contributed by atoms with Crippen LogP contribution in [-0.2, 0) is 5.60 Å². The molecule has 0 aliphatic carbocycles. The van der Waals surface area contributed by atoms with Gasteiger partial charge in [-0.1, -0.05) is 23.2 Å². The molecule has 7 heteroatoms. The van der Waals surface area contributed by atoms with E-state index >= 15 is 0 Å². The Morgan fingerprint density at radius 3 is 2.79 bits per heavy atom. The summed E-state index contributed by atoms with van der Waals surface area (Å²) >= 11 is 14.3. The van der Waals surface area contributed by atoms with E-state index in [1.807, 2.05) is 16.8 Å². The van der Waals surface area contributed by atoms with Crippen molar-refractivity contribution >= 4 is 51.8 Å². The average molecular weight is 336 g/mol. The minimum atomic E-state index is -1.11. The Bertz CT molecular complexity index is 579. The molecule has 2 aromatic rings. The number of carbonyl (C=O) groups excluding carboxylic acids is 1. The number of rotatable bonds is 4. The number of amides is 1. The Hall–Kier alpha value is -0.590. The van der Waals surface area contributed by atoms with Crippen LogP contribution in [0.3, 0.4) is 0 Å². The average Bonchev–Trinajstić information content (AvgIpc) is 2.96. The van der Waals surface area contributed by atoms with Crippen molar-refractivity contribution in [3.8, 4) is 0 Å². The summed E-state index contributed by atoms with van der Waals surface area (Å²) < 4.78 is 0.803. The standard InChI is InChI=1S/C12H11Cl2NO2S2/c1-12(17,7-2-3-18-5-7)6-15-11(16)8-4-9(13)19-10(8)14/h2-5,17H,6H2,1H3,(H,15,16). The van der Waals surface area contributed by atoms with E-state index in [4.69, 9.17) is 23.2 Å². The van der Waals surface area contributed by atoms with E-state index in [0.717, 1.165) is 16.9 Å². The van der Waals surface area contributed by atoms with Gasteiger partial charge in [0.2, 0.25) is 0 Å². The van der Waals surface area contributed by atoms with Crippen LogP contribution in [0.15, 0.2) is 22.9 Å². The van der Waals surface area contributed by atoms with Crippen molar-refractivity contribution in [3.05, 3.63) is 42.7 Å². The lowest BCUT2D eigenvalue weighted by Gasteiger charge is -2.22. The Kier molecular flexibility index (Phi) is 4.53. The normalized spacial score (nSPS) is 14.1. The summed E-state index contributed by atoms with van der Waals surface area (Å²) in [6, 6.07) is 3.34. The molecular weight excluding hydrogens is 325 g/mol. The van der Waals surface area contributed by atoms with Gasteiger partial charge in [0.15, 0.2) is 0 Å². The van der Waals surface area contributed by atoms with Crippen LogP contribution in [0.2, 0.25) is 8.67 Å². The second-order valence-corrected chi connectivity index (χ2v) is 7.27. The summed E-state index contributed by atoms with van der Waals surface area (Å²) in [5, 5.41) is 16.7. The van der Waals surface area contributed by atoms with Gasteiger partial charge in [-0.15, -0.1) is 11.3 Å². The van der Waals surface area contributed by atoms with E-state index in [0.29, 0.717) is 14.2 Å². The van der Waals surface area contributed by atoms with Crippen molar-refractivity contribution in [2.75, 3.05) is 6.54 Å². The van der Waals surface area contributed by atoms with Crippen LogP contribution in [0.5, 0.6) is 0 Å². The van der Waals surface area contributed by atoms with E-state index in [1.165, 1.54) is 17.4 Å². The molecule has 0 aromatic carbocycles. The minimum Gasteiger partial charge on any atom is -0.384 e. The molecule has 0 saturated carbocycles. The molecule has 1 amide bonds. The topological polar surface area (TPSA) is 49.3 Å². The van der Waals surface area contributed by atoms with Crippen LogP contribution < -0.4 is 5.32 Å². The number of nitrogens with one attached hydrogen (secondary N) is 1. The molecule has 2 rings (SSSR count). The smallest absolute Gasteiger partial charge is 0.253 e. The number of thiophene rings is 2. The molecule has 1 atom stereocenters. The Labute approximate surface area is 128 Å². The van der Waals surface area contributed by atoms with E-state index in [-0.39, 0.29) is 12.5 Å². The van der Waals surface area contributed by atoms with Crippen LogP contribution in [0, 0.1) is 0 Å². The first-order valence-corrected chi connectivity index (χ1v) is 7.90. The summed E-state index contributed by atoms with van der Waals surface area (Å²) in [6.45, 7) is 1.75. The summed E-state index contributed by atoms with van der Waals surface area (Å²) in [6.07, 6.45) is 0. The van der Waals surface area contributed by atoms with Gasteiger partial charge in [-0.3, -0.25) is 4.79 Å². The summed E-state index contributed by atoms with van der Waals surface area (Å²) in [5.74, 6) is -0.344. The predicted octanol–water partition coefficient (Wildman–Crippen LogP) is 3.75. The van der Waals surface area contributed by atoms with Gasteiger partial charge in [-0.25, -0.2) is 0 Å². The molecule has 0 saturated heterocycles. The maximum Gasteiger partial charge on any atom is 0.253 e. The van der Waals surface area contributed by atoms with Gasteiger partial charge in [0.25, 0.3) is 5.91 Å². The number of halogens is 2. The lowest BCUT2D eigenvalue weighted by atomic mass is 9.99. The Morgan fingerprint density at radius 2 is 2.26 bits per heavy atom. The van der Waals surface area contributed by atoms with Gasteiger partial charge in [0.1, 0.15) is 9.94 Å². The minimum absolute atomic E-state index is 0.104. The number of aliphatic hydroxyl groups is 1. The zero-order valence-electron chi connectivity index (χ0n) is 9.94. The molecule has 102 valence electrons. The van der Waals surface area contributed by atoms with Crippen molar-refractivity contribution in [1.29, 1.82) is 0 Å². The van der Waals surface area contributed by atoms with Gasteiger partial charge < -0.3 is 10.4 Å². The maximum atomic E-state index is 11.9. The van der Waals surface area contributed by atoms with Crippen LogP contribution in [-0.4, -0.2) is 17.6 Å². The van der Waals surface area contributed by atoms with Crippen LogP contribution in [0.4, 0.5) is 0 Å². The van der Waals surface area contributed by atoms with E-state index in [2.05, 4.69) is 5.32 Å². The van der Waals surface area contributed by atoms with Gasteiger partial charge >= 0.3 is 0 Å². The summed E-state index contributed by atoms with van der Waals surface area (Å²) in [7, 11) is 0. The third kappa shape index (κ3) is 3.49. The first kappa shape index (κ1) is 14.8. The second-order valence-electron chi connectivity index (χ2n) is 4.21. The first-order chi connectivity index (χ1) is 8.90. The highest BCUT2D eigenvalue weighted by molar-refractivity contribution is 7.20. The molecule has 0 spiro atoms. The van der Waals surface area contributed by atoms with Gasteiger partial charge in [-0.05, 0) is 35.4 Å². The van der Waals surface area contributed by atoms with Crippen molar-refractivity contribution in [1.82, 2.24) is 5.32 Å². The molecule has 1 unspecified atom stereocenters. The van der Waals surface area contributed by atoms with E-state index < -0.39 is 5.60 Å². The SMILES string of the molecule is CC(O)(CNC(=O)c1cc(Cl)sc1Cl)c1ccsc1. The van der Waals surface area contributed by atoms with Crippen LogP contribution in [0.1, 0.15) is 22.8 Å². The lowest BCUT2D eigenvalue weighted by Crippen LogP contribution is -2.38. The van der Waals surface area contributed by atoms with E-state index in [1.54, 1.807) is 6.92 Å². The largest absolute Gasteiger partial charge is 0.384 e. The third-order valence-electron chi connectivity index (χ3n) is 2.64. The maximum absolute atomic E-state index is 11.9. The lowest BCUT2D eigenvalue weighted by molar-refractivity contribution is 0.0530. The van der Waals surface area contributed by atoms with Crippen molar-refractivity contribution in [3.63, 3.8) is 0 Å². The highest BCUT2D eigenvalue weighted by Gasteiger charge is 2.25. The fourth-order valence-corrected chi connectivity index (χ4v) is 3.76. The number of carbonyl (C=O) groups is 1. The molecule has 0 aliphatic rings. The fraction of sp³-hybridized carbons (Fsp3) is 0.250. The summed E-state index contributed by atoms with van der Waals surface area (Å²) in [5.41, 5.74) is -0.00729. The molecule has 0 bridgehead atoms. The van der Waals surface area contributed by atoms with Crippen LogP contribution in [0.25, 0.3) is 0 Å². The molecule has 2 aromatic heterocycles. The number of hydrogen-bond acceptors (Lipinski definition) is 4. The second kappa shape index (κ2) is 5.81. The van der Waals surface area contributed by atoms with Crippen LogP contribution >= 0.6 is 45.9 Å². The third-order valence-corrected chi connectivity index (χ3v) is 4.81. The van der Waals surface area contributed by atoms with Crippen molar-refractivity contribution in [2.24, 2.45) is 0 Å². The molecule has 0 aliphatic heterocycles. The van der Waals surface area contributed by atoms with Gasteiger partial charge in [-0.2, -0.15) is 11.3 Å². The molecule has 3 nitrogen and oxygen atoms in total. The Morgan fingerprint density at radius 1 is 1.53 bits per heavy atom. The van der Waals surface area contributed by atoms with Crippen molar-refractivity contribution in [2.45, 2.75) is 12.5 Å². The highest BCUT2D eigenvalue weighted by atomic mass is 35.5. The van der Waals surface area contributed by atoms with Gasteiger partial charge in [0, 0.05) is 0 Å². The molecule has 0 fully saturated rings. The number of hydrogen-bond donors (Lipinski definition) is 2. The quantitative estimate of drug-likeness (QED) is 0.893. The molecule has 2 N–H and O–H groups in total.